The largest absolute Gasteiger partial charge is 0.478 e. The fourth-order valence-electron chi connectivity index (χ4n) is 2.44. The van der Waals surface area contributed by atoms with Gasteiger partial charge in [-0.1, -0.05) is 11.6 Å². The second-order valence-electron chi connectivity index (χ2n) is 4.70. The molecule has 0 unspecified atom stereocenters. The number of carboxylic acids is 1. The number of hydrogen-bond donors (Lipinski definition) is 1. The van der Waals surface area contributed by atoms with Crippen LogP contribution in [0, 0.1) is 0 Å². The first kappa shape index (κ1) is 13.6. The molecule has 21 heavy (non-hydrogen) atoms. The molecular weight excluding hydrogens is 292 g/mol. The molecule has 0 aliphatic carbocycles. The molecule has 106 valence electrons. The highest BCUT2D eigenvalue weighted by Crippen LogP contribution is 2.31. The number of anilines is 1. The lowest BCUT2D eigenvalue weighted by molar-refractivity contribution is 0.0696. The monoisotopic (exact) mass is 302 g/mol. The van der Waals surface area contributed by atoms with Crippen LogP contribution in [0.25, 0.3) is 0 Å². The quantitative estimate of drug-likeness (QED) is 0.866. The van der Waals surface area contributed by atoms with Gasteiger partial charge in [0.1, 0.15) is 5.15 Å². The van der Waals surface area contributed by atoms with E-state index in [1.54, 1.807) is 29.2 Å². The van der Waals surface area contributed by atoms with Crippen LogP contribution in [-0.4, -0.2) is 28.5 Å². The first-order valence-electron chi connectivity index (χ1n) is 6.36. The van der Waals surface area contributed by atoms with E-state index in [9.17, 15) is 9.59 Å². The molecule has 2 heterocycles. The molecule has 6 heteroatoms. The van der Waals surface area contributed by atoms with Crippen LogP contribution in [0.2, 0.25) is 5.15 Å². The number of carbonyl (C=O) groups excluding carboxylic acids is 1. The standard InChI is InChI=1S/C15H11ClN2O3/c16-13-11(2-1-6-17-13)14(19)18-7-5-9-8-10(15(20)21)3-4-12(9)18/h1-4,6,8H,5,7H2,(H,20,21). The van der Waals surface area contributed by atoms with Crippen LogP contribution in [0.4, 0.5) is 5.69 Å². The highest BCUT2D eigenvalue weighted by molar-refractivity contribution is 6.33. The molecule has 0 fully saturated rings. The lowest BCUT2D eigenvalue weighted by atomic mass is 10.1. The Labute approximate surface area is 125 Å². The van der Waals surface area contributed by atoms with E-state index in [-0.39, 0.29) is 16.6 Å². The molecule has 1 aliphatic heterocycles. The number of fused-ring (bicyclic) bond motifs is 1. The van der Waals surface area contributed by atoms with Crippen LogP contribution >= 0.6 is 11.6 Å². The summed E-state index contributed by atoms with van der Waals surface area (Å²) in [6.07, 6.45) is 2.15. The van der Waals surface area contributed by atoms with Gasteiger partial charge in [0.2, 0.25) is 0 Å². The van der Waals surface area contributed by atoms with Crippen LogP contribution in [0.3, 0.4) is 0 Å². The molecule has 0 saturated carbocycles. The molecule has 1 aromatic carbocycles. The van der Waals surface area contributed by atoms with Crippen LogP contribution in [0.15, 0.2) is 36.5 Å². The van der Waals surface area contributed by atoms with E-state index in [1.807, 2.05) is 0 Å². The Hall–Kier alpha value is -2.40. The zero-order valence-electron chi connectivity index (χ0n) is 10.9. The van der Waals surface area contributed by atoms with Crippen molar-refractivity contribution in [3.05, 3.63) is 58.4 Å². The maximum Gasteiger partial charge on any atom is 0.335 e. The average Bonchev–Trinajstić information content (AvgIpc) is 2.90. The number of carbonyl (C=O) groups is 2. The van der Waals surface area contributed by atoms with Crippen molar-refractivity contribution in [1.82, 2.24) is 4.98 Å². The third kappa shape index (κ3) is 2.36. The summed E-state index contributed by atoms with van der Waals surface area (Å²) in [6.45, 7) is 0.502. The first-order valence-corrected chi connectivity index (χ1v) is 6.74. The van der Waals surface area contributed by atoms with Gasteiger partial charge in [-0.3, -0.25) is 4.79 Å². The number of amides is 1. The highest BCUT2D eigenvalue weighted by atomic mass is 35.5. The molecule has 0 spiro atoms. The van der Waals surface area contributed by atoms with E-state index in [0.717, 1.165) is 11.3 Å². The molecule has 3 rings (SSSR count). The van der Waals surface area contributed by atoms with Gasteiger partial charge < -0.3 is 10.0 Å². The molecule has 1 aliphatic rings. The van der Waals surface area contributed by atoms with Gasteiger partial charge in [-0.15, -0.1) is 0 Å². The second kappa shape index (κ2) is 5.18. The van der Waals surface area contributed by atoms with Crippen molar-refractivity contribution in [2.75, 3.05) is 11.4 Å². The SMILES string of the molecule is O=C(O)c1ccc2c(c1)CCN2C(=O)c1cccnc1Cl. The number of halogens is 1. The van der Waals surface area contributed by atoms with Gasteiger partial charge in [0, 0.05) is 18.4 Å². The van der Waals surface area contributed by atoms with Crippen LogP contribution < -0.4 is 4.90 Å². The molecule has 1 N–H and O–H groups in total. The molecular formula is C15H11ClN2O3. The van der Waals surface area contributed by atoms with E-state index in [1.165, 1.54) is 12.3 Å². The maximum absolute atomic E-state index is 12.5. The van der Waals surface area contributed by atoms with Crippen molar-refractivity contribution in [1.29, 1.82) is 0 Å². The Kier molecular flexibility index (Phi) is 3.35. The molecule has 1 aromatic heterocycles. The van der Waals surface area contributed by atoms with Crippen molar-refractivity contribution in [3.8, 4) is 0 Å². The summed E-state index contributed by atoms with van der Waals surface area (Å²) < 4.78 is 0. The van der Waals surface area contributed by atoms with Crippen molar-refractivity contribution in [2.24, 2.45) is 0 Å². The molecule has 0 atom stereocenters. The Morgan fingerprint density at radius 2 is 2.10 bits per heavy atom. The highest BCUT2D eigenvalue weighted by Gasteiger charge is 2.27. The topological polar surface area (TPSA) is 70.5 Å². The minimum absolute atomic E-state index is 0.165. The number of carboxylic acid groups (broad SMARTS) is 1. The predicted molar refractivity (Wildman–Crippen MR) is 78.0 cm³/mol. The Morgan fingerprint density at radius 1 is 1.29 bits per heavy atom. The van der Waals surface area contributed by atoms with Crippen LogP contribution in [-0.2, 0) is 6.42 Å². The number of rotatable bonds is 2. The summed E-state index contributed by atoms with van der Waals surface area (Å²) in [6, 6.07) is 8.05. The van der Waals surface area contributed by atoms with Gasteiger partial charge >= 0.3 is 5.97 Å². The van der Waals surface area contributed by atoms with Gasteiger partial charge in [-0.05, 0) is 42.3 Å². The van der Waals surface area contributed by atoms with Gasteiger partial charge in [-0.2, -0.15) is 0 Å². The Bertz CT molecular complexity index is 745. The molecule has 5 nitrogen and oxygen atoms in total. The number of hydrogen-bond acceptors (Lipinski definition) is 3. The summed E-state index contributed by atoms with van der Waals surface area (Å²) in [5.41, 5.74) is 2.14. The maximum atomic E-state index is 12.5. The van der Waals surface area contributed by atoms with E-state index in [0.29, 0.717) is 18.5 Å². The molecule has 1 amide bonds. The third-order valence-electron chi connectivity index (χ3n) is 3.46. The predicted octanol–water partition coefficient (Wildman–Crippen LogP) is 2.64. The zero-order valence-corrected chi connectivity index (χ0v) is 11.7. The van der Waals surface area contributed by atoms with Gasteiger partial charge in [-0.25, -0.2) is 9.78 Å². The number of pyridine rings is 1. The summed E-state index contributed by atoms with van der Waals surface area (Å²) >= 11 is 5.96. The fraction of sp³-hybridized carbons (Fsp3) is 0.133. The van der Waals surface area contributed by atoms with E-state index < -0.39 is 5.97 Å². The number of benzene rings is 1. The van der Waals surface area contributed by atoms with E-state index in [4.69, 9.17) is 16.7 Å². The van der Waals surface area contributed by atoms with Crippen molar-refractivity contribution < 1.29 is 14.7 Å². The van der Waals surface area contributed by atoms with Gasteiger partial charge in [0.05, 0.1) is 11.1 Å². The number of nitrogens with zero attached hydrogens (tertiary/aromatic N) is 2. The lowest BCUT2D eigenvalue weighted by Crippen LogP contribution is -2.29. The average molecular weight is 303 g/mol. The molecule has 0 bridgehead atoms. The lowest BCUT2D eigenvalue weighted by Gasteiger charge is -2.17. The van der Waals surface area contributed by atoms with Crippen molar-refractivity contribution in [2.45, 2.75) is 6.42 Å². The minimum Gasteiger partial charge on any atom is -0.478 e. The minimum atomic E-state index is -0.974. The number of aromatic carboxylic acids is 1. The Morgan fingerprint density at radius 3 is 2.81 bits per heavy atom. The fourth-order valence-corrected chi connectivity index (χ4v) is 2.64. The summed E-state index contributed by atoms with van der Waals surface area (Å²) in [7, 11) is 0. The zero-order chi connectivity index (χ0) is 15.0. The van der Waals surface area contributed by atoms with Crippen molar-refractivity contribution in [3.63, 3.8) is 0 Å². The van der Waals surface area contributed by atoms with Gasteiger partial charge in [0.15, 0.2) is 0 Å². The number of aromatic nitrogens is 1. The molecule has 0 radical (unpaired) electrons. The van der Waals surface area contributed by atoms with E-state index in [2.05, 4.69) is 4.98 Å². The third-order valence-corrected chi connectivity index (χ3v) is 3.76. The second-order valence-corrected chi connectivity index (χ2v) is 5.06. The summed E-state index contributed by atoms with van der Waals surface area (Å²) in [4.78, 5) is 29.0. The molecule has 0 saturated heterocycles. The van der Waals surface area contributed by atoms with Crippen molar-refractivity contribution >= 4 is 29.2 Å². The Balaban J connectivity index is 1.96. The van der Waals surface area contributed by atoms with Gasteiger partial charge in [0.25, 0.3) is 5.91 Å². The normalized spacial score (nSPS) is 13.1. The smallest absolute Gasteiger partial charge is 0.335 e. The van der Waals surface area contributed by atoms with Crippen LogP contribution in [0.1, 0.15) is 26.3 Å². The molecule has 2 aromatic rings. The first-order chi connectivity index (χ1) is 10.1. The van der Waals surface area contributed by atoms with E-state index >= 15 is 0 Å². The summed E-state index contributed by atoms with van der Waals surface area (Å²) in [5, 5.41) is 9.16. The van der Waals surface area contributed by atoms with Crippen LogP contribution in [0.5, 0.6) is 0 Å². The summed E-state index contributed by atoms with van der Waals surface area (Å²) in [5.74, 6) is -1.20.